The summed E-state index contributed by atoms with van der Waals surface area (Å²) in [7, 11) is -3.66. The van der Waals surface area contributed by atoms with Gasteiger partial charge in [-0.2, -0.15) is 0 Å². The summed E-state index contributed by atoms with van der Waals surface area (Å²) >= 11 is 12.0. The van der Waals surface area contributed by atoms with Gasteiger partial charge < -0.3 is 20.8 Å². The van der Waals surface area contributed by atoms with Gasteiger partial charge >= 0.3 is 0 Å². The maximum Gasteiger partial charge on any atom is 0.206 e. The second kappa shape index (κ2) is 18.2. The SMILES string of the molecule is CC(Cc1ccc(S(=O)(=O)c2ccc(CC(C)NC[C@H](O)c3cccc(Cl)c3)cc2)cc1)NCC(O)c1cccc(Cl)c1.Cl.Cl. The van der Waals surface area contributed by atoms with E-state index >= 15 is 0 Å². The minimum absolute atomic E-state index is 0. The van der Waals surface area contributed by atoms with Crippen molar-refractivity contribution in [3.8, 4) is 0 Å². The third kappa shape index (κ3) is 11.5. The lowest BCUT2D eigenvalue weighted by Crippen LogP contribution is -2.32. The lowest BCUT2D eigenvalue weighted by molar-refractivity contribution is 0.170. The number of benzene rings is 4. The summed E-state index contributed by atoms with van der Waals surface area (Å²) in [6.45, 7) is 4.80. The lowest BCUT2D eigenvalue weighted by Gasteiger charge is -2.18. The van der Waals surface area contributed by atoms with Crippen LogP contribution in [0.1, 0.15) is 48.3 Å². The van der Waals surface area contributed by atoms with Gasteiger partial charge in [-0.1, -0.05) is 71.7 Å². The molecule has 0 fully saturated rings. The fraction of sp³-hybridized carbons (Fsp3) is 0.294. The molecule has 0 spiro atoms. The third-order valence-corrected chi connectivity index (χ3v) is 9.59. The summed E-state index contributed by atoms with van der Waals surface area (Å²) in [6.07, 6.45) is 0.0125. The topological polar surface area (TPSA) is 98.7 Å². The van der Waals surface area contributed by atoms with E-state index in [-0.39, 0.29) is 46.7 Å². The highest BCUT2D eigenvalue weighted by molar-refractivity contribution is 7.91. The zero-order valence-electron chi connectivity index (χ0n) is 25.1. The third-order valence-electron chi connectivity index (χ3n) is 7.34. The predicted molar refractivity (Wildman–Crippen MR) is 188 cm³/mol. The molecule has 11 heteroatoms. The number of aliphatic hydroxyl groups excluding tert-OH is 2. The molecule has 0 aliphatic heterocycles. The van der Waals surface area contributed by atoms with E-state index in [9.17, 15) is 18.6 Å². The Hall–Kier alpha value is -2.17. The summed E-state index contributed by atoms with van der Waals surface area (Å²) < 4.78 is 26.5. The first-order chi connectivity index (χ1) is 20.5. The van der Waals surface area contributed by atoms with Crippen LogP contribution in [0, 0.1) is 0 Å². The minimum Gasteiger partial charge on any atom is -0.387 e. The first-order valence-electron chi connectivity index (χ1n) is 14.3. The summed E-state index contributed by atoms with van der Waals surface area (Å²) in [5.74, 6) is 0. The zero-order chi connectivity index (χ0) is 31.0. The molecule has 244 valence electrons. The molecule has 0 saturated carbocycles. The van der Waals surface area contributed by atoms with Crippen LogP contribution in [0.4, 0.5) is 0 Å². The molecule has 45 heavy (non-hydrogen) atoms. The van der Waals surface area contributed by atoms with Gasteiger partial charge in [0.25, 0.3) is 0 Å². The highest BCUT2D eigenvalue weighted by atomic mass is 35.5. The van der Waals surface area contributed by atoms with Crippen molar-refractivity contribution in [3.05, 3.63) is 129 Å². The van der Waals surface area contributed by atoms with E-state index in [1.165, 1.54) is 0 Å². The standard InChI is InChI=1S/C34H38Cl2N2O4S.2ClH/c1-23(37-21-33(39)27-5-3-7-29(35)19-27)17-25-9-13-31(14-10-25)43(41,42)32-15-11-26(12-16-32)18-24(2)38-22-34(40)28-6-4-8-30(36)20-28;;/h3-16,19-20,23-24,33-34,37-40H,17-18,21-22H2,1-2H3;2*1H/t23?,24?,33-,34?;;/m0../s1. The van der Waals surface area contributed by atoms with Gasteiger partial charge in [0.15, 0.2) is 0 Å². The second-order valence-corrected chi connectivity index (χ2v) is 13.8. The largest absolute Gasteiger partial charge is 0.387 e. The average molecular weight is 715 g/mol. The van der Waals surface area contributed by atoms with Crippen molar-refractivity contribution in [2.75, 3.05) is 13.1 Å². The Labute approximate surface area is 288 Å². The average Bonchev–Trinajstić information content (AvgIpc) is 2.99. The van der Waals surface area contributed by atoms with Crippen LogP contribution in [0.15, 0.2) is 107 Å². The zero-order valence-corrected chi connectivity index (χ0v) is 29.0. The van der Waals surface area contributed by atoms with Gasteiger partial charge in [0.2, 0.25) is 9.84 Å². The van der Waals surface area contributed by atoms with E-state index in [0.29, 0.717) is 36.0 Å². The van der Waals surface area contributed by atoms with Crippen molar-refractivity contribution >= 4 is 57.9 Å². The lowest BCUT2D eigenvalue weighted by atomic mass is 10.1. The van der Waals surface area contributed by atoms with Gasteiger partial charge in [0.1, 0.15) is 0 Å². The van der Waals surface area contributed by atoms with E-state index in [2.05, 4.69) is 10.6 Å². The molecule has 3 unspecified atom stereocenters. The van der Waals surface area contributed by atoms with Gasteiger partial charge in [-0.3, -0.25) is 0 Å². The van der Waals surface area contributed by atoms with Crippen LogP contribution in [0.5, 0.6) is 0 Å². The second-order valence-electron chi connectivity index (χ2n) is 11.0. The van der Waals surface area contributed by atoms with Crippen LogP contribution in [0.2, 0.25) is 10.0 Å². The Morgan fingerprint density at radius 2 is 0.978 bits per heavy atom. The fourth-order valence-electron chi connectivity index (χ4n) is 4.89. The molecule has 6 nitrogen and oxygen atoms in total. The van der Waals surface area contributed by atoms with Gasteiger partial charge in [0.05, 0.1) is 22.0 Å². The summed E-state index contributed by atoms with van der Waals surface area (Å²) in [5, 5.41) is 28.7. The molecule has 0 aromatic heterocycles. The van der Waals surface area contributed by atoms with Crippen LogP contribution in [-0.2, 0) is 22.7 Å². The molecule has 0 bridgehead atoms. The van der Waals surface area contributed by atoms with Crippen LogP contribution < -0.4 is 10.6 Å². The molecular formula is C34H40Cl4N2O4S. The highest BCUT2D eigenvalue weighted by Gasteiger charge is 2.18. The Morgan fingerprint density at radius 1 is 0.622 bits per heavy atom. The van der Waals surface area contributed by atoms with Gasteiger partial charge in [-0.25, -0.2) is 8.42 Å². The Bertz CT molecular complexity index is 1480. The number of halogens is 4. The molecule has 4 atom stereocenters. The molecule has 0 amide bonds. The van der Waals surface area contributed by atoms with Crippen molar-refractivity contribution in [1.82, 2.24) is 10.6 Å². The maximum absolute atomic E-state index is 13.3. The molecular weight excluding hydrogens is 674 g/mol. The van der Waals surface area contributed by atoms with Gasteiger partial charge in [0, 0.05) is 35.2 Å². The van der Waals surface area contributed by atoms with Crippen molar-refractivity contribution in [2.24, 2.45) is 0 Å². The molecule has 0 heterocycles. The maximum atomic E-state index is 13.3. The normalized spacial score (nSPS) is 14.0. The molecule has 0 aliphatic rings. The van der Waals surface area contributed by atoms with Crippen LogP contribution in [0.25, 0.3) is 0 Å². The molecule has 4 aromatic carbocycles. The summed E-state index contributed by atoms with van der Waals surface area (Å²) in [5.41, 5.74) is 3.50. The number of nitrogens with one attached hydrogen (secondary N) is 2. The molecule has 0 radical (unpaired) electrons. The molecule has 4 N–H and O–H groups in total. The Morgan fingerprint density at radius 3 is 1.31 bits per heavy atom. The highest BCUT2D eigenvalue weighted by Crippen LogP contribution is 2.23. The van der Waals surface area contributed by atoms with E-state index < -0.39 is 22.0 Å². The predicted octanol–water partition coefficient (Wildman–Crippen LogP) is 7.18. The number of rotatable bonds is 14. The van der Waals surface area contributed by atoms with Crippen molar-refractivity contribution < 1.29 is 18.6 Å². The fourth-order valence-corrected chi connectivity index (χ4v) is 6.54. The first kappa shape index (κ1) is 39.0. The van der Waals surface area contributed by atoms with E-state index in [0.717, 1.165) is 22.3 Å². The molecule has 4 rings (SSSR count). The van der Waals surface area contributed by atoms with Crippen LogP contribution in [-0.4, -0.2) is 43.8 Å². The number of hydrogen-bond donors (Lipinski definition) is 4. The molecule has 4 aromatic rings. The Balaban J connectivity index is 0.00000353. The van der Waals surface area contributed by atoms with Gasteiger partial charge in [-0.05, 0) is 97.5 Å². The summed E-state index contributed by atoms with van der Waals surface area (Å²) in [4.78, 5) is 0.483. The first-order valence-corrected chi connectivity index (χ1v) is 16.5. The number of aliphatic hydroxyl groups is 2. The summed E-state index contributed by atoms with van der Waals surface area (Å²) in [6, 6.07) is 28.4. The van der Waals surface area contributed by atoms with E-state index in [1.54, 1.807) is 48.5 Å². The van der Waals surface area contributed by atoms with Crippen LogP contribution in [0.3, 0.4) is 0 Å². The Kier molecular flexibility index (Phi) is 15.8. The van der Waals surface area contributed by atoms with E-state index in [1.807, 2.05) is 62.4 Å². The number of sulfone groups is 1. The monoisotopic (exact) mass is 712 g/mol. The number of hydrogen-bond acceptors (Lipinski definition) is 6. The molecule has 0 saturated heterocycles. The smallest absolute Gasteiger partial charge is 0.206 e. The van der Waals surface area contributed by atoms with Crippen molar-refractivity contribution in [2.45, 2.75) is 60.8 Å². The minimum atomic E-state index is -3.66. The van der Waals surface area contributed by atoms with E-state index in [4.69, 9.17) is 23.2 Å². The van der Waals surface area contributed by atoms with Crippen molar-refractivity contribution in [1.29, 1.82) is 0 Å². The quantitative estimate of drug-likeness (QED) is 0.111. The van der Waals surface area contributed by atoms with Crippen molar-refractivity contribution in [3.63, 3.8) is 0 Å². The van der Waals surface area contributed by atoms with Crippen LogP contribution >= 0.6 is 48.0 Å². The van der Waals surface area contributed by atoms with Gasteiger partial charge in [-0.15, -0.1) is 24.8 Å². The molecule has 0 aliphatic carbocycles.